The lowest BCUT2D eigenvalue weighted by Crippen LogP contribution is -1.92. The first-order valence-corrected chi connectivity index (χ1v) is 9.32. The molecule has 122 valence electrons. The maximum atomic E-state index is 5.45. The summed E-state index contributed by atoms with van der Waals surface area (Å²) in [6.45, 7) is 0. The molecule has 4 rings (SSSR count). The first-order chi connectivity index (χ1) is 11.7. The van der Waals surface area contributed by atoms with Crippen LogP contribution in [-0.2, 0) is 0 Å². The van der Waals surface area contributed by atoms with Crippen molar-refractivity contribution in [3.8, 4) is 32.8 Å². The van der Waals surface area contributed by atoms with Gasteiger partial charge >= 0.3 is 0 Å². The molecule has 1 aromatic carbocycles. The molecule has 3 aromatic heterocycles. The molecule has 0 aliphatic rings. The largest absolute Gasteiger partial charge is 0.497 e. The zero-order valence-electron chi connectivity index (χ0n) is 12.7. The molecule has 0 spiro atoms. The third-order valence-electron chi connectivity index (χ3n) is 3.42. The number of hydrogen-bond donors (Lipinski definition) is 0. The van der Waals surface area contributed by atoms with Crippen molar-refractivity contribution >= 4 is 43.6 Å². The highest BCUT2D eigenvalue weighted by molar-refractivity contribution is 9.11. The molecule has 0 bridgehead atoms. The highest BCUT2D eigenvalue weighted by Crippen LogP contribution is 2.37. The molecule has 0 amide bonds. The Kier molecular flexibility index (Phi) is 3.99. The van der Waals surface area contributed by atoms with Crippen LogP contribution < -0.4 is 9.47 Å². The van der Waals surface area contributed by atoms with Crippen molar-refractivity contribution in [3.05, 3.63) is 34.1 Å². The summed E-state index contributed by atoms with van der Waals surface area (Å²) in [7, 11) is 3.27. The van der Waals surface area contributed by atoms with Gasteiger partial charge in [-0.3, -0.25) is 0 Å². The molecule has 3 heterocycles. The van der Waals surface area contributed by atoms with E-state index in [0.29, 0.717) is 0 Å². The number of hydrogen-bond acceptors (Lipinski definition) is 7. The quantitative estimate of drug-likeness (QED) is 0.488. The normalized spacial score (nSPS) is 11.1. The summed E-state index contributed by atoms with van der Waals surface area (Å²) in [5, 5.41) is 14.0. The number of aromatic nitrogens is 4. The van der Waals surface area contributed by atoms with E-state index in [0.717, 1.165) is 41.5 Å². The number of rotatable bonds is 4. The number of thiophene rings is 1. The second kappa shape index (κ2) is 6.15. The molecule has 0 saturated carbocycles. The fourth-order valence-electron chi connectivity index (χ4n) is 2.30. The smallest absolute Gasteiger partial charge is 0.235 e. The third kappa shape index (κ3) is 2.58. The van der Waals surface area contributed by atoms with Gasteiger partial charge in [-0.05, 0) is 46.3 Å². The maximum Gasteiger partial charge on any atom is 0.235 e. The Labute approximate surface area is 153 Å². The van der Waals surface area contributed by atoms with Gasteiger partial charge in [0.1, 0.15) is 11.5 Å². The molecule has 24 heavy (non-hydrogen) atoms. The van der Waals surface area contributed by atoms with E-state index >= 15 is 0 Å². The van der Waals surface area contributed by atoms with Gasteiger partial charge in [0.2, 0.25) is 4.96 Å². The van der Waals surface area contributed by atoms with Gasteiger partial charge in [0, 0.05) is 0 Å². The molecule has 4 aromatic rings. The van der Waals surface area contributed by atoms with E-state index in [1.807, 2.05) is 30.3 Å². The standard InChI is InChI=1S/C15H11BrN4O2S2/c1-21-8-3-4-10(22-2)9(7-8)14-19-20-13(17-18-15(20)24-14)11-5-6-12(16)23-11/h3-7H,1-2H3. The first-order valence-electron chi connectivity index (χ1n) is 6.90. The number of fused-ring (bicyclic) bond motifs is 1. The van der Waals surface area contributed by atoms with Crippen molar-refractivity contribution in [3.63, 3.8) is 0 Å². The van der Waals surface area contributed by atoms with E-state index in [1.54, 1.807) is 30.1 Å². The zero-order valence-corrected chi connectivity index (χ0v) is 15.9. The van der Waals surface area contributed by atoms with Crippen molar-refractivity contribution in [1.82, 2.24) is 19.8 Å². The van der Waals surface area contributed by atoms with Crippen molar-refractivity contribution in [2.75, 3.05) is 14.2 Å². The van der Waals surface area contributed by atoms with Crippen molar-refractivity contribution in [2.24, 2.45) is 0 Å². The van der Waals surface area contributed by atoms with Crippen LogP contribution in [0.1, 0.15) is 0 Å². The van der Waals surface area contributed by atoms with Crippen LogP contribution in [0.4, 0.5) is 0 Å². The Morgan fingerprint density at radius 3 is 2.62 bits per heavy atom. The predicted molar refractivity (Wildman–Crippen MR) is 98.2 cm³/mol. The molecule has 0 atom stereocenters. The van der Waals surface area contributed by atoms with Crippen LogP contribution >= 0.6 is 38.6 Å². The van der Waals surface area contributed by atoms with Crippen LogP contribution in [0.5, 0.6) is 11.5 Å². The number of halogens is 1. The summed E-state index contributed by atoms with van der Waals surface area (Å²) >= 11 is 6.52. The molecule has 0 aliphatic carbocycles. The van der Waals surface area contributed by atoms with E-state index in [9.17, 15) is 0 Å². The minimum Gasteiger partial charge on any atom is -0.497 e. The van der Waals surface area contributed by atoms with Gasteiger partial charge in [-0.2, -0.15) is 9.61 Å². The van der Waals surface area contributed by atoms with Crippen LogP contribution in [-0.4, -0.2) is 34.0 Å². The molecular weight excluding hydrogens is 412 g/mol. The van der Waals surface area contributed by atoms with E-state index < -0.39 is 0 Å². The molecule has 0 radical (unpaired) electrons. The number of methoxy groups -OCH3 is 2. The fraction of sp³-hybridized carbons (Fsp3) is 0.133. The summed E-state index contributed by atoms with van der Waals surface area (Å²) in [6.07, 6.45) is 0. The Balaban J connectivity index is 1.86. The summed E-state index contributed by atoms with van der Waals surface area (Å²) in [6, 6.07) is 9.62. The number of ether oxygens (including phenoxy) is 2. The van der Waals surface area contributed by atoms with E-state index in [1.165, 1.54) is 11.3 Å². The SMILES string of the molecule is COc1ccc(OC)c(-c2nn3c(-c4ccc(Br)s4)nnc3s2)c1. The predicted octanol–water partition coefficient (Wildman–Crippen LogP) is 4.36. The lowest BCUT2D eigenvalue weighted by atomic mass is 10.2. The molecular formula is C15H11BrN4O2S2. The lowest BCUT2D eigenvalue weighted by molar-refractivity contribution is 0.404. The van der Waals surface area contributed by atoms with Crippen molar-refractivity contribution in [1.29, 1.82) is 0 Å². The Hall–Kier alpha value is -1.97. The van der Waals surface area contributed by atoms with Crippen molar-refractivity contribution < 1.29 is 9.47 Å². The zero-order chi connectivity index (χ0) is 16.7. The fourth-order valence-corrected chi connectivity index (χ4v) is 4.51. The van der Waals surface area contributed by atoms with Crippen LogP contribution in [0.2, 0.25) is 0 Å². The monoisotopic (exact) mass is 422 g/mol. The van der Waals surface area contributed by atoms with Gasteiger partial charge < -0.3 is 9.47 Å². The van der Waals surface area contributed by atoms with Crippen LogP contribution in [0, 0.1) is 0 Å². The van der Waals surface area contributed by atoms with Crippen LogP contribution in [0.3, 0.4) is 0 Å². The van der Waals surface area contributed by atoms with E-state index in [-0.39, 0.29) is 0 Å². The molecule has 0 N–H and O–H groups in total. The Bertz CT molecular complexity index is 1020. The average molecular weight is 423 g/mol. The Morgan fingerprint density at radius 2 is 1.92 bits per heavy atom. The maximum absolute atomic E-state index is 5.45. The molecule has 0 aliphatic heterocycles. The molecule has 0 unspecified atom stereocenters. The second-order valence-electron chi connectivity index (χ2n) is 4.80. The topological polar surface area (TPSA) is 61.5 Å². The number of benzene rings is 1. The van der Waals surface area contributed by atoms with E-state index in [4.69, 9.17) is 9.47 Å². The summed E-state index contributed by atoms with van der Waals surface area (Å²) in [5.41, 5.74) is 0.866. The van der Waals surface area contributed by atoms with Crippen LogP contribution in [0.25, 0.3) is 26.2 Å². The van der Waals surface area contributed by atoms with Crippen molar-refractivity contribution in [2.45, 2.75) is 0 Å². The lowest BCUT2D eigenvalue weighted by Gasteiger charge is -2.07. The minimum absolute atomic E-state index is 0.727. The van der Waals surface area contributed by atoms with Gasteiger partial charge in [-0.15, -0.1) is 21.5 Å². The Morgan fingerprint density at radius 1 is 1.04 bits per heavy atom. The average Bonchev–Trinajstić information content (AvgIpc) is 3.29. The summed E-state index contributed by atoms with van der Waals surface area (Å²) in [5.74, 6) is 2.21. The first kappa shape index (κ1) is 15.6. The van der Waals surface area contributed by atoms with Gasteiger partial charge in [0.25, 0.3) is 0 Å². The molecule has 0 fully saturated rings. The molecule has 6 nitrogen and oxygen atoms in total. The van der Waals surface area contributed by atoms with Gasteiger partial charge in [-0.25, -0.2) is 0 Å². The second-order valence-corrected chi connectivity index (χ2v) is 8.21. The summed E-state index contributed by atoms with van der Waals surface area (Å²) in [4.78, 5) is 1.73. The number of nitrogens with zero attached hydrogens (tertiary/aromatic N) is 4. The van der Waals surface area contributed by atoms with E-state index in [2.05, 4.69) is 31.2 Å². The molecule has 0 saturated heterocycles. The minimum atomic E-state index is 0.727. The highest BCUT2D eigenvalue weighted by atomic mass is 79.9. The third-order valence-corrected chi connectivity index (χ3v) is 5.97. The van der Waals surface area contributed by atoms with Crippen LogP contribution in [0.15, 0.2) is 34.1 Å². The van der Waals surface area contributed by atoms with Gasteiger partial charge in [0.05, 0.1) is 28.4 Å². The summed E-state index contributed by atoms with van der Waals surface area (Å²) < 4.78 is 13.6. The molecule has 9 heteroatoms. The van der Waals surface area contributed by atoms with Gasteiger partial charge in [-0.1, -0.05) is 11.3 Å². The highest BCUT2D eigenvalue weighted by Gasteiger charge is 2.18. The van der Waals surface area contributed by atoms with Gasteiger partial charge in [0.15, 0.2) is 10.8 Å².